The first kappa shape index (κ1) is 20.1. The Morgan fingerprint density at radius 3 is 2.24 bits per heavy atom. The zero-order valence-electron chi connectivity index (χ0n) is 16.5. The van der Waals surface area contributed by atoms with E-state index in [0.717, 1.165) is 16.9 Å². The van der Waals surface area contributed by atoms with Gasteiger partial charge in [-0.3, -0.25) is 9.59 Å². The largest absolute Gasteiger partial charge is 0.497 e. The zero-order valence-corrected chi connectivity index (χ0v) is 16.5. The third-order valence-corrected chi connectivity index (χ3v) is 4.59. The summed E-state index contributed by atoms with van der Waals surface area (Å²) in [6, 6.07) is 24.0. The average molecular weight is 388 g/mol. The normalized spacial score (nSPS) is 11.4. The summed E-state index contributed by atoms with van der Waals surface area (Å²) in [7, 11) is 1.62. The number of amides is 2. The van der Waals surface area contributed by atoms with E-state index in [9.17, 15) is 9.59 Å². The molecule has 0 heterocycles. The van der Waals surface area contributed by atoms with Crippen LogP contribution < -0.4 is 15.4 Å². The lowest BCUT2D eigenvalue weighted by Crippen LogP contribution is -2.29. The van der Waals surface area contributed by atoms with Crippen molar-refractivity contribution in [2.45, 2.75) is 19.4 Å². The molecular weight excluding hydrogens is 364 g/mol. The van der Waals surface area contributed by atoms with Gasteiger partial charge in [-0.15, -0.1) is 0 Å². The quantitative estimate of drug-likeness (QED) is 0.623. The van der Waals surface area contributed by atoms with E-state index >= 15 is 0 Å². The topological polar surface area (TPSA) is 67.4 Å². The lowest BCUT2D eigenvalue weighted by Gasteiger charge is -2.20. The molecule has 3 aromatic rings. The van der Waals surface area contributed by atoms with Gasteiger partial charge < -0.3 is 15.4 Å². The molecule has 0 spiro atoms. The van der Waals surface area contributed by atoms with Crippen molar-refractivity contribution >= 4 is 17.5 Å². The van der Waals surface area contributed by atoms with Crippen LogP contribution >= 0.6 is 0 Å². The van der Waals surface area contributed by atoms with Crippen LogP contribution in [0.5, 0.6) is 5.75 Å². The molecule has 5 nitrogen and oxygen atoms in total. The van der Waals surface area contributed by atoms with Gasteiger partial charge in [-0.2, -0.15) is 0 Å². The Morgan fingerprint density at radius 2 is 1.59 bits per heavy atom. The molecule has 1 unspecified atom stereocenters. The maximum Gasteiger partial charge on any atom is 0.252 e. The lowest BCUT2D eigenvalue weighted by molar-refractivity contribution is -0.115. The minimum absolute atomic E-state index is 0.0945. The monoisotopic (exact) mass is 388 g/mol. The van der Waals surface area contributed by atoms with Crippen LogP contribution in [0.15, 0.2) is 78.9 Å². The van der Waals surface area contributed by atoms with E-state index in [4.69, 9.17) is 4.74 Å². The molecule has 0 saturated carbocycles. The fourth-order valence-corrected chi connectivity index (χ4v) is 3.00. The third kappa shape index (κ3) is 5.23. The molecule has 3 aromatic carbocycles. The van der Waals surface area contributed by atoms with Crippen LogP contribution in [0.4, 0.5) is 5.69 Å². The van der Waals surface area contributed by atoms with Crippen molar-refractivity contribution in [1.29, 1.82) is 0 Å². The van der Waals surface area contributed by atoms with Gasteiger partial charge in [0.15, 0.2) is 0 Å². The second-order valence-electron chi connectivity index (χ2n) is 6.57. The van der Waals surface area contributed by atoms with E-state index in [0.29, 0.717) is 17.7 Å². The van der Waals surface area contributed by atoms with Crippen LogP contribution in [-0.2, 0) is 4.79 Å². The zero-order chi connectivity index (χ0) is 20.6. The number of hydrogen-bond acceptors (Lipinski definition) is 3. The summed E-state index contributed by atoms with van der Waals surface area (Å²) >= 11 is 0. The Labute approximate surface area is 170 Å². The highest BCUT2D eigenvalue weighted by molar-refractivity contribution is 5.97. The summed E-state index contributed by atoms with van der Waals surface area (Å²) < 4.78 is 5.24. The maximum atomic E-state index is 13.0. The summed E-state index contributed by atoms with van der Waals surface area (Å²) in [6.07, 6.45) is 0.379. The fraction of sp³-hybridized carbons (Fsp3) is 0.167. The molecule has 29 heavy (non-hydrogen) atoms. The van der Waals surface area contributed by atoms with Gasteiger partial charge in [0.05, 0.1) is 13.2 Å². The lowest BCUT2D eigenvalue weighted by atomic mass is 9.98. The van der Waals surface area contributed by atoms with Crippen LogP contribution in [-0.4, -0.2) is 18.9 Å². The Hall–Kier alpha value is -3.60. The molecule has 0 bridgehead atoms. The van der Waals surface area contributed by atoms with Gasteiger partial charge in [-0.05, 0) is 41.5 Å². The van der Waals surface area contributed by atoms with E-state index in [1.807, 2.05) is 54.6 Å². The highest BCUT2D eigenvalue weighted by atomic mass is 16.5. The predicted molar refractivity (Wildman–Crippen MR) is 114 cm³/mol. The predicted octanol–water partition coefficient (Wildman–Crippen LogP) is 4.56. The van der Waals surface area contributed by atoms with Crippen molar-refractivity contribution in [3.05, 3.63) is 95.6 Å². The van der Waals surface area contributed by atoms with Crippen molar-refractivity contribution in [3.8, 4) is 5.75 Å². The minimum Gasteiger partial charge on any atom is -0.497 e. The number of carbonyl (C=O) groups excluding carboxylic acids is 2. The molecule has 148 valence electrons. The molecule has 2 amide bonds. The summed E-state index contributed by atoms with van der Waals surface area (Å²) in [4.78, 5) is 24.6. The molecule has 0 saturated heterocycles. The number of benzene rings is 3. The Bertz CT molecular complexity index is 969. The Kier molecular flexibility index (Phi) is 6.63. The number of hydrogen-bond donors (Lipinski definition) is 2. The summed E-state index contributed by atoms with van der Waals surface area (Å²) in [6.45, 7) is 1.78. The second kappa shape index (κ2) is 9.55. The van der Waals surface area contributed by atoms with Crippen molar-refractivity contribution in [3.63, 3.8) is 0 Å². The Morgan fingerprint density at radius 1 is 0.897 bits per heavy atom. The Balaban J connectivity index is 1.86. The van der Waals surface area contributed by atoms with E-state index in [-0.39, 0.29) is 17.9 Å². The van der Waals surface area contributed by atoms with Gasteiger partial charge in [0.1, 0.15) is 5.75 Å². The van der Waals surface area contributed by atoms with Crippen LogP contribution in [0.3, 0.4) is 0 Å². The standard InChI is InChI=1S/C24H24N2O3/c1-3-22(27)25-20-11-7-10-19(16-20)24(28)26-23(17-8-5-4-6-9-17)18-12-14-21(29-2)15-13-18/h4-16,23H,3H2,1-2H3,(H,25,27)(H,26,28). The highest BCUT2D eigenvalue weighted by Gasteiger charge is 2.18. The smallest absolute Gasteiger partial charge is 0.252 e. The molecule has 0 aliphatic carbocycles. The number of rotatable bonds is 7. The summed E-state index contributed by atoms with van der Waals surface area (Å²) in [5.74, 6) is 0.441. The van der Waals surface area contributed by atoms with Gasteiger partial charge in [0, 0.05) is 17.7 Å². The average Bonchev–Trinajstić information content (AvgIpc) is 2.78. The molecular formula is C24H24N2O3. The summed E-state index contributed by atoms with van der Waals surface area (Å²) in [5, 5.41) is 5.89. The molecule has 0 fully saturated rings. The van der Waals surface area contributed by atoms with Crippen LogP contribution in [0.2, 0.25) is 0 Å². The number of carbonyl (C=O) groups is 2. The molecule has 0 aliphatic rings. The first-order valence-electron chi connectivity index (χ1n) is 9.50. The van der Waals surface area contributed by atoms with Crippen molar-refractivity contribution in [2.75, 3.05) is 12.4 Å². The third-order valence-electron chi connectivity index (χ3n) is 4.59. The molecule has 5 heteroatoms. The van der Waals surface area contributed by atoms with Gasteiger partial charge in [0.2, 0.25) is 5.91 Å². The number of anilines is 1. The van der Waals surface area contributed by atoms with Crippen molar-refractivity contribution in [2.24, 2.45) is 0 Å². The first-order valence-corrected chi connectivity index (χ1v) is 9.50. The van der Waals surface area contributed by atoms with E-state index in [2.05, 4.69) is 10.6 Å². The maximum absolute atomic E-state index is 13.0. The fourth-order valence-electron chi connectivity index (χ4n) is 3.00. The molecule has 0 radical (unpaired) electrons. The SMILES string of the molecule is CCC(=O)Nc1cccc(C(=O)NC(c2ccccc2)c2ccc(OC)cc2)c1. The number of nitrogens with one attached hydrogen (secondary N) is 2. The van der Waals surface area contributed by atoms with E-state index < -0.39 is 0 Å². The first-order chi connectivity index (χ1) is 14.1. The van der Waals surface area contributed by atoms with Crippen molar-refractivity contribution in [1.82, 2.24) is 5.32 Å². The van der Waals surface area contributed by atoms with Gasteiger partial charge in [0.25, 0.3) is 5.91 Å². The van der Waals surface area contributed by atoms with Gasteiger partial charge in [-0.25, -0.2) is 0 Å². The highest BCUT2D eigenvalue weighted by Crippen LogP contribution is 2.25. The number of ether oxygens (including phenoxy) is 1. The molecule has 0 aromatic heterocycles. The van der Waals surface area contributed by atoms with Gasteiger partial charge in [-0.1, -0.05) is 55.5 Å². The minimum atomic E-state index is -0.316. The van der Waals surface area contributed by atoms with Crippen LogP contribution in [0, 0.1) is 0 Å². The van der Waals surface area contributed by atoms with Gasteiger partial charge >= 0.3 is 0 Å². The second-order valence-corrected chi connectivity index (χ2v) is 6.57. The molecule has 1 atom stereocenters. The molecule has 3 rings (SSSR count). The molecule has 0 aliphatic heterocycles. The number of methoxy groups -OCH3 is 1. The van der Waals surface area contributed by atoms with E-state index in [1.54, 1.807) is 38.3 Å². The molecule has 2 N–H and O–H groups in total. The van der Waals surface area contributed by atoms with Crippen LogP contribution in [0.1, 0.15) is 40.9 Å². The van der Waals surface area contributed by atoms with Crippen molar-refractivity contribution < 1.29 is 14.3 Å². The van der Waals surface area contributed by atoms with E-state index in [1.165, 1.54) is 0 Å². The summed E-state index contributed by atoms with van der Waals surface area (Å²) in [5.41, 5.74) is 3.00. The van der Waals surface area contributed by atoms with Crippen LogP contribution in [0.25, 0.3) is 0 Å².